The molecule has 1 saturated carbocycles. The Morgan fingerprint density at radius 3 is 2.86 bits per heavy atom. The van der Waals surface area contributed by atoms with Crippen molar-refractivity contribution in [2.24, 2.45) is 0 Å². The first kappa shape index (κ1) is 20.9. The molecule has 1 heterocycles. The molecule has 2 amide bonds. The zero-order valence-corrected chi connectivity index (χ0v) is 17.8. The molecule has 1 aliphatic carbocycles. The number of amides is 2. The minimum atomic E-state index is -0.660. The van der Waals surface area contributed by atoms with E-state index in [0.29, 0.717) is 33.6 Å². The topological polar surface area (TPSA) is 91.8 Å². The fourth-order valence-corrected chi connectivity index (χ4v) is 3.84. The van der Waals surface area contributed by atoms with Crippen molar-refractivity contribution in [1.82, 2.24) is 25.4 Å². The molecule has 1 aromatic carbocycles. The maximum absolute atomic E-state index is 12.7. The lowest BCUT2D eigenvalue weighted by Crippen LogP contribution is -2.47. The van der Waals surface area contributed by atoms with Crippen LogP contribution in [0, 0.1) is 4.77 Å². The molecule has 0 bridgehead atoms. The molecule has 3 N–H and O–H groups in total. The fraction of sp³-hybridized carbons (Fsp3) is 0.444. The highest BCUT2D eigenvalue weighted by Crippen LogP contribution is 2.35. The van der Waals surface area contributed by atoms with Gasteiger partial charge in [0, 0.05) is 6.04 Å². The molecule has 2 aromatic rings. The van der Waals surface area contributed by atoms with Crippen molar-refractivity contribution in [2.45, 2.75) is 37.9 Å². The van der Waals surface area contributed by atoms with Gasteiger partial charge in [-0.05, 0) is 55.6 Å². The van der Waals surface area contributed by atoms with Crippen LogP contribution in [0.4, 0.5) is 0 Å². The highest BCUT2D eigenvalue weighted by Gasteiger charge is 2.28. The van der Waals surface area contributed by atoms with Crippen LogP contribution in [0.5, 0.6) is 0 Å². The van der Waals surface area contributed by atoms with Crippen molar-refractivity contribution in [1.29, 1.82) is 0 Å². The molecular formula is C18H22ClN5O2S2. The van der Waals surface area contributed by atoms with Crippen molar-refractivity contribution in [3.05, 3.63) is 45.4 Å². The Morgan fingerprint density at radius 1 is 1.43 bits per heavy atom. The van der Waals surface area contributed by atoms with Gasteiger partial charge in [-0.3, -0.25) is 19.3 Å². The average Bonchev–Trinajstić information content (AvgIpc) is 3.45. The normalized spacial score (nSPS) is 14.5. The maximum Gasteiger partial charge on any atom is 0.253 e. The standard InChI is InChI=1S/C18H22ClN5O2S2/c1-28-9-8-14(21-16(25)12-4-2-3-5-13(12)19)17(26)20-10-15-22-23-18(27)24(15)11-6-7-11/h2-5,11,14H,6-10H2,1H3,(H,20,26)(H,21,25)(H,23,27). The van der Waals surface area contributed by atoms with Gasteiger partial charge in [-0.1, -0.05) is 23.7 Å². The number of aromatic nitrogens is 3. The largest absolute Gasteiger partial charge is 0.347 e. The Hall–Kier alpha value is -1.84. The number of rotatable bonds is 9. The van der Waals surface area contributed by atoms with Gasteiger partial charge in [0.2, 0.25) is 5.91 Å². The first-order chi connectivity index (χ1) is 13.5. The van der Waals surface area contributed by atoms with E-state index in [2.05, 4.69) is 20.8 Å². The highest BCUT2D eigenvalue weighted by atomic mass is 35.5. The van der Waals surface area contributed by atoms with Crippen LogP contribution in [0.1, 0.15) is 41.5 Å². The molecule has 0 radical (unpaired) electrons. The fourth-order valence-electron chi connectivity index (χ4n) is 2.85. The number of carbonyl (C=O) groups excluding carboxylic acids is 2. The van der Waals surface area contributed by atoms with Crippen LogP contribution >= 0.6 is 35.6 Å². The second kappa shape index (κ2) is 9.58. The summed E-state index contributed by atoms with van der Waals surface area (Å²) < 4.78 is 2.52. The van der Waals surface area contributed by atoms with Crippen molar-refractivity contribution >= 4 is 47.4 Å². The summed E-state index contributed by atoms with van der Waals surface area (Å²) in [5, 5.41) is 13.0. The summed E-state index contributed by atoms with van der Waals surface area (Å²) in [5.74, 6) is 0.807. The number of nitrogens with one attached hydrogen (secondary N) is 3. The molecular weight excluding hydrogens is 418 g/mol. The van der Waals surface area contributed by atoms with Crippen LogP contribution in [-0.4, -0.2) is 44.6 Å². The van der Waals surface area contributed by atoms with E-state index in [-0.39, 0.29) is 18.4 Å². The smallest absolute Gasteiger partial charge is 0.253 e. The summed E-state index contributed by atoms with van der Waals surface area (Å²) in [6, 6.07) is 6.47. The number of hydrogen-bond donors (Lipinski definition) is 3. The van der Waals surface area contributed by atoms with E-state index < -0.39 is 6.04 Å². The Balaban J connectivity index is 1.65. The molecule has 150 valence electrons. The Bertz CT molecular complexity index is 909. The summed E-state index contributed by atoms with van der Waals surface area (Å²) in [6.07, 6.45) is 4.61. The lowest BCUT2D eigenvalue weighted by molar-refractivity contribution is -0.123. The number of benzene rings is 1. The number of carbonyl (C=O) groups is 2. The van der Waals surface area contributed by atoms with E-state index in [9.17, 15) is 9.59 Å². The van der Waals surface area contributed by atoms with Crippen molar-refractivity contribution < 1.29 is 9.59 Å². The van der Waals surface area contributed by atoms with E-state index in [0.717, 1.165) is 18.6 Å². The second-order valence-electron chi connectivity index (χ2n) is 6.55. The van der Waals surface area contributed by atoms with Crippen LogP contribution in [-0.2, 0) is 11.3 Å². The molecule has 3 rings (SSSR count). The third kappa shape index (κ3) is 5.15. The summed E-state index contributed by atoms with van der Waals surface area (Å²) in [4.78, 5) is 25.3. The minimum Gasteiger partial charge on any atom is -0.347 e. The van der Waals surface area contributed by atoms with Gasteiger partial charge in [0.1, 0.15) is 6.04 Å². The number of H-pyrrole nitrogens is 1. The molecule has 28 heavy (non-hydrogen) atoms. The molecule has 1 aliphatic rings. The summed E-state index contributed by atoms with van der Waals surface area (Å²) in [5.41, 5.74) is 0.348. The molecule has 7 nitrogen and oxygen atoms in total. The van der Waals surface area contributed by atoms with Crippen molar-refractivity contribution in [3.63, 3.8) is 0 Å². The first-order valence-corrected chi connectivity index (χ1v) is 11.2. The van der Waals surface area contributed by atoms with Gasteiger partial charge < -0.3 is 10.6 Å². The first-order valence-electron chi connectivity index (χ1n) is 8.99. The van der Waals surface area contributed by atoms with Gasteiger partial charge in [-0.15, -0.1) is 0 Å². The number of thioether (sulfide) groups is 1. The molecule has 10 heteroatoms. The van der Waals surface area contributed by atoms with Crippen LogP contribution in [0.15, 0.2) is 24.3 Å². The van der Waals surface area contributed by atoms with Gasteiger partial charge in [-0.2, -0.15) is 16.9 Å². The molecule has 0 saturated heterocycles. The minimum absolute atomic E-state index is 0.250. The summed E-state index contributed by atoms with van der Waals surface area (Å²) in [6.45, 7) is 0.250. The SMILES string of the molecule is CSCCC(NC(=O)c1ccccc1Cl)C(=O)NCc1n[nH]c(=S)n1C1CC1. The maximum atomic E-state index is 12.7. The van der Waals surface area contributed by atoms with E-state index >= 15 is 0 Å². The lowest BCUT2D eigenvalue weighted by Gasteiger charge is -2.18. The Labute approximate surface area is 177 Å². The molecule has 1 aromatic heterocycles. The van der Waals surface area contributed by atoms with Crippen LogP contribution in [0.3, 0.4) is 0 Å². The zero-order chi connectivity index (χ0) is 20.1. The Morgan fingerprint density at radius 2 is 2.18 bits per heavy atom. The van der Waals surface area contributed by atoms with Crippen LogP contribution in [0.25, 0.3) is 0 Å². The molecule has 0 spiro atoms. The number of aromatic amines is 1. The predicted molar refractivity (Wildman–Crippen MR) is 113 cm³/mol. The van der Waals surface area contributed by atoms with Crippen molar-refractivity contribution in [3.8, 4) is 0 Å². The highest BCUT2D eigenvalue weighted by molar-refractivity contribution is 7.98. The number of halogens is 1. The monoisotopic (exact) mass is 439 g/mol. The lowest BCUT2D eigenvalue weighted by atomic mass is 10.1. The van der Waals surface area contributed by atoms with E-state index in [4.69, 9.17) is 23.8 Å². The third-order valence-corrected chi connectivity index (χ3v) is 5.72. The van der Waals surface area contributed by atoms with E-state index in [1.165, 1.54) is 0 Å². The van der Waals surface area contributed by atoms with Crippen LogP contribution in [0.2, 0.25) is 5.02 Å². The van der Waals surface area contributed by atoms with Gasteiger partial charge in [-0.25, -0.2) is 0 Å². The van der Waals surface area contributed by atoms with E-state index in [1.54, 1.807) is 36.0 Å². The molecule has 1 atom stereocenters. The number of nitrogens with zero attached hydrogens (tertiary/aromatic N) is 2. The molecule has 1 unspecified atom stereocenters. The summed E-state index contributed by atoms with van der Waals surface area (Å²) in [7, 11) is 0. The van der Waals surface area contributed by atoms with Crippen LogP contribution < -0.4 is 10.6 Å². The molecule has 0 aliphatic heterocycles. The quantitative estimate of drug-likeness (QED) is 0.522. The third-order valence-electron chi connectivity index (χ3n) is 4.46. The molecule has 1 fully saturated rings. The van der Waals surface area contributed by atoms with Gasteiger partial charge in [0.25, 0.3) is 5.91 Å². The van der Waals surface area contributed by atoms with Gasteiger partial charge in [0.15, 0.2) is 10.6 Å². The Kier molecular flexibility index (Phi) is 7.14. The second-order valence-corrected chi connectivity index (χ2v) is 8.33. The zero-order valence-electron chi connectivity index (χ0n) is 15.4. The average molecular weight is 440 g/mol. The predicted octanol–water partition coefficient (Wildman–Crippen LogP) is 3.10. The van der Waals surface area contributed by atoms with E-state index in [1.807, 2.05) is 10.8 Å². The number of hydrogen-bond acceptors (Lipinski definition) is 5. The van der Waals surface area contributed by atoms with Gasteiger partial charge in [0.05, 0.1) is 17.1 Å². The summed E-state index contributed by atoms with van der Waals surface area (Å²) >= 11 is 13.0. The van der Waals surface area contributed by atoms with Crippen molar-refractivity contribution in [2.75, 3.05) is 12.0 Å². The van der Waals surface area contributed by atoms with Gasteiger partial charge >= 0.3 is 0 Å².